The number of amides is 2. The van der Waals surface area contributed by atoms with Gasteiger partial charge in [0, 0.05) is 23.0 Å². The van der Waals surface area contributed by atoms with Crippen LogP contribution in [0.2, 0.25) is 0 Å². The Labute approximate surface area is 116 Å². The highest BCUT2D eigenvalue weighted by atomic mass is 32.2. The summed E-state index contributed by atoms with van der Waals surface area (Å²) >= 11 is 1.50. The lowest BCUT2D eigenvalue weighted by molar-refractivity contribution is -0.119. The van der Waals surface area contributed by atoms with Gasteiger partial charge in [-0.05, 0) is 25.2 Å². The maximum absolute atomic E-state index is 11.9. The third-order valence-electron chi connectivity index (χ3n) is 2.84. The van der Waals surface area contributed by atoms with Crippen LogP contribution in [0.25, 0.3) is 0 Å². The molecule has 1 heterocycles. The molecule has 0 spiro atoms. The topological polar surface area (TPSA) is 70.2 Å². The Balaban J connectivity index is 2.08. The first-order chi connectivity index (χ1) is 9.10. The predicted molar refractivity (Wildman–Crippen MR) is 77.5 cm³/mol. The molecule has 19 heavy (non-hydrogen) atoms. The zero-order chi connectivity index (χ0) is 13.8. The quantitative estimate of drug-likeness (QED) is 0.781. The number of thioether (sulfide) groups is 1. The first-order valence-corrected chi connectivity index (χ1v) is 7.11. The number of benzene rings is 1. The first-order valence-electron chi connectivity index (χ1n) is 6.12. The summed E-state index contributed by atoms with van der Waals surface area (Å²) in [5.74, 6) is 0.288. The number of anilines is 2. The molecule has 0 bridgehead atoms. The van der Waals surface area contributed by atoms with Crippen LogP contribution in [0.5, 0.6) is 0 Å². The average molecular weight is 279 g/mol. The summed E-state index contributed by atoms with van der Waals surface area (Å²) in [7, 11) is 1.81. The van der Waals surface area contributed by atoms with Gasteiger partial charge in [0.05, 0.1) is 11.4 Å². The summed E-state index contributed by atoms with van der Waals surface area (Å²) in [6, 6.07) is 5.56. The zero-order valence-electron chi connectivity index (χ0n) is 10.9. The van der Waals surface area contributed by atoms with Crippen LogP contribution in [0.15, 0.2) is 23.1 Å². The average Bonchev–Trinajstić information content (AvgIpc) is 2.38. The largest absolute Gasteiger partial charge is 0.326 e. The lowest BCUT2D eigenvalue weighted by atomic mass is 10.1. The maximum Gasteiger partial charge on any atom is 0.234 e. The van der Waals surface area contributed by atoms with E-state index in [0.29, 0.717) is 18.0 Å². The molecule has 1 atom stereocenters. The second-order valence-electron chi connectivity index (χ2n) is 4.50. The molecular formula is C13H17N3O2S. The third kappa shape index (κ3) is 3.48. The number of carbonyl (C=O) groups is 2. The van der Waals surface area contributed by atoms with Crippen LogP contribution in [0.4, 0.5) is 11.4 Å². The molecule has 0 saturated heterocycles. The molecule has 6 heteroatoms. The molecule has 1 aromatic carbocycles. The molecular weight excluding hydrogens is 262 g/mol. The van der Waals surface area contributed by atoms with Crippen LogP contribution in [0.1, 0.15) is 6.92 Å². The van der Waals surface area contributed by atoms with Crippen LogP contribution in [-0.2, 0) is 9.59 Å². The van der Waals surface area contributed by atoms with Gasteiger partial charge in [0.2, 0.25) is 11.8 Å². The Morgan fingerprint density at radius 1 is 1.53 bits per heavy atom. The fraction of sp³-hybridized carbons (Fsp3) is 0.385. The van der Waals surface area contributed by atoms with E-state index in [1.54, 1.807) is 6.07 Å². The molecule has 0 radical (unpaired) electrons. The molecule has 0 saturated carbocycles. The van der Waals surface area contributed by atoms with Crippen molar-refractivity contribution in [2.75, 3.05) is 30.0 Å². The summed E-state index contributed by atoms with van der Waals surface area (Å²) < 4.78 is 0. The Bertz CT molecular complexity index is 505. The van der Waals surface area contributed by atoms with Crippen molar-refractivity contribution in [3.05, 3.63) is 18.2 Å². The summed E-state index contributed by atoms with van der Waals surface area (Å²) in [6.45, 7) is 2.49. The van der Waals surface area contributed by atoms with Crippen molar-refractivity contribution < 1.29 is 9.59 Å². The van der Waals surface area contributed by atoms with Crippen molar-refractivity contribution in [2.24, 2.45) is 5.92 Å². The SMILES string of the molecule is CNCC(C)C(=O)Nc1ccc2c(c1)NC(=O)CS2. The molecule has 0 aliphatic carbocycles. The Morgan fingerprint density at radius 3 is 3.05 bits per heavy atom. The highest BCUT2D eigenvalue weighted by Gasteiger charge is 2.17. The van der Waals surface area contributed by atoms with E-state index < -0.39 is 0 Å². The van der Waals surface area contributed by atoms with E-state index in [1.165, 1.54) is 11.8 Å². The van der Waals surface area contributed by atoms with Crippen LogP contribution in [0, 0.1) is 5.92 Å². The number of rotatable bonds is 4. The van der Waals surface area contributed by atoms with E-state index in [4.69, 9.17) is 0 Å². The summed E-state index contributed by atoms with van der Waals surface area (Å²) in [5.41, 5.74) is 1.47. The van der Waals surface area contributed by atoms with E-state index in [0.717, 1.165) is 10.6 Å². The molecule has 0 aromatic heterocycles. The standard InChI is InChI=1S/C13H17N3O2S/c1-8(6-14-2)13(18)15-9-3-4-11-10(5-9)16-12(17)7-19-11/h3-5,8,14H,6-7H2,1-2H3,(H,15,18)(H,16,17). The van der Waals surface area contributed by atoms with Crippen molar-refractivity contribution in [1.29, 1.82) is 0 Å². The van der Waals surface area contributed by atoms with Gasteiger partial charge in [0.1, 0.15) is 0 Å². The Morgan fingerprint density at radius 2 is 2.32 bits per heavy atom. The second kappa shape index (κ2) is 6.08. The maximum atomic E-state index is 11.9. The van der Waals surface area contributed by atoms with Crippen molar-refractivity contribution in [3.63, 3.8) is 0 Å². The van der Waals surface area contributed by atoms with Crippen LogP contribution < -0.4 is 16.0 Å². The second-order valence-corrected chi connectivity index (χ2v) is 5.51. The summed E-state index contributed by atoms with van der Waals surface area (Å²) in [6.07, 6.45) is 0. The molecule has 2 rings (SSSR count). The number of carbonyl (C=O) groups excluding carboxylic acids is 2. The molecule has 5 nitrogen and oxygen atoms in total. The van der Waals surface area contributed by atoms with E-state index >= 15 is 0 Å². The predicted octanol–water partition coefficient (Wildman–Crippen LogP) is 1.52. The Hall–Kier alpha value is -1.53. The third-order valence-corrected chi connectivity index (χ3v) is 3.91. The lowest BCUT2D eigenvalue weighted by Gasteiger charge is -2.18. The van der Waals surface area contributed by atoms with Gasteiger partial charge < -0.3 is 16.0 Å². The van der Waals surface area contributed by atoms with Crippen molar-refractivity contribution in [3.8, 4) is 0 Å². The van der Waals surface area contributed by atoms with E-state index in [2.05, 4.69) is 16.0 Å². The number of fused-ring (bicyclic) bond motifs is 1. The fourth-order valence-corrected chi connectivity index (χ4v) is 2.61. The van der Waals surface area contributed by atoms with E-state index in [9.17, 15) is 9.59 Å². The van der Waals surface area contributed by atoms with Gasteiger partial charge >= 0.3 is 0 Å². The minimum absolute atomic E-state index is 0.00970. The monoisotopic (exact) mass is 279 g/mol. The fourth-order valence-electron chi connectivity index (χ4n) is 1.83. The van der Waals surface area contributed by atoms with Gasteiger partial charge in [-0.3, -0.25) is 9.59 Å². The highest BCUT2D eigenvalue weighted by Crippen LogP contribution is 2.33. The van der Waals surface area contributed by atoms with Crippen LogP contribution >= 0.6 is 11.8 Å². The number of nitrogens with one attached hydrogen (secondary N) is 3. The molecule has 0 fully saturated rings. The molecule has 3 N–H and O–H groups in total. The molecule has 1 unspecified atom stereocenters. The Kier molecular flexibility index (Phi) is 4.44. The highest BCUT2D eigenvalue weighted by molar-refractivity contribution is 8.00. The van der Waals surface area contributed by atoms with E-state index in [1.807, 2.05) is 26.1 Å². The zero-order valence-corrected chi connectivity index (χ0v) is 11.8. The van der Waals surface area contributed by atoms with Gasteiger partial charge in [0.15, 0.2) is 0 Å². The van der Waals surface area contributed by atoms with Gasteiger partial charge in [-0.2, -0.15) is 0 Å². The van der Waals surface area contributed by atoms with Crippen LogP contribution in [-0.4, -0.2) is 31.2 Å². The smallest absolute Gasteiger partial charge is 0.234 e. The first kappa shape index (κ1) is 13.9. The molecule has 102 valence electrons. The molecule has 1 aliphatic heterocycles. The van der Waals surface area contributed by atoms with Gasteiger partial charge in [0.25, 0.3) is 0 Å². The number of hydrogen-bond donors (Lipinski definition) is 3. The van der Waals surface area contributed by atoms with Crippen LogP contribution in [0.3, 0.4) is 0 Å². The van der Waals surface area contributed by atoms with E-state index in [-0.39, 0.29) is 17.7 Å². The summed E-state index contributed by atoms with van der Waals surface area (Å²) in [4.78, 5) is 24.2. The molecule has 1 aromatic rings. The minimum Gasteiger partial charge on any atom is -0.326 e. The summed E-state index contributed by atoms with van der Waals surface area (Å²) in [5, 5.41) is 8.63. The molecule has 2 amide bonds. The van der Waals surface area contributed by atoms with Crippen molar-refractivity contribution >= 4 is 35.0 Å². The number of hydrogen-bond acceptors (Lipinski definition) is 4. The molecule has 1 aliphatic rings. The lowest BCUT2D eigenvalue weighted by Crippen LogP contribution is -2.28. The van der Waals surface area contributed by atoms with Gasteiger partial charge in [-0.25, -0.2) is 0 Å². The normalized spacial score (nSPS) is 15.4. The van der Waals surface area contributed by atoms with Gasteiger partial charge in [-0.15, -0.1) is 11.8 Å². The minimum atomic E-state index is -0.106. The van der Waals surface area contributed by atoms with Gasteiger partial charge in [-0.1, -0.05) is 6.92 Å². The van der Waals surface area contributed by atoms with Crippen molar-refractivity contribution in [1.82, 2.24) is 5.32 Å². The van der Waals surface area contributed by atoms with Crippen molar-refractivity contribution in [2.45, 2.75) is 11.8 Å².